The van der Waals surface area contributed by atoms with Gasteiger partial charge in [0.25, 0.3) is 0 Å². The number of ketones is 1. The molecular formula is C13H13BrO4. The summed E-state index contributed by atoms with van der Waals surface area (Å²) in [7, 11) is 0. The Balaban J connectivity index is 2.61. The molecule has 0 aromatic heterocycles. The summed E-state index contributed by atoms with van der Waals surface area (Å²) in [5.74, 6) is -1.73. The van der Waals surface area contributed by atoms with Crippen LogP contribution in [0.2, 0.25) is 0 Å². The minimum atomic E-state index is -1.52. The molecule has 0 spiro atoms. The van der Waals surface area contributed by atoms with Crippen molar-refractivity contribution in [3.63, 3.8) is 0 Å². The van der Waals surface area contributed by atoms with Gasteiger partial charge in [-0.2, -0.15) is 0 Å². The Morgan fingerprint density at radius 3 is 2.67 bits per heavy atom. The summed E-state index contributed by atoms with van der Waals surface area (Å²) >= 11 is 3.35. The summed E-state index contributed by atoms with van der Waals surface area (Å²) in [6.07, 6.45) is 0. The Bertz CT molecular complexity index is 552. The van der Waals surface area contributed by atoms with Crippen molar-refractivity contribution < 1.29 is 19.4 Å². The minimum absolute atomic E-state index is 0.197. The number of carbonyl (C=O) groups is 2. The number of Topliss-reactive ketones (excluding diaryl/α,β-unsaturated/α-hetero) is 1. The van der Waals surface area contributed by atoms with Gasteiger partial charge in [0.1, 0.15) is 5.75 Å². The summed E-state index contributed by atoms with van der Waals surface area (Å²) < 4.78 is 6.34. The molecule has 2 atom stereocenters. The molecule has 0 radical (unpaired) electrons. The van der Waals surface area contributed by atoms with Crippen molar-refractivity contribution in [2.45, 2.75) is 26.4 Å². The Morgan fingerprint density at radius 1 is 1.50 bits per heavy atom. The smallest absolute Gasteiger partial charge is 0.348 e. The largest absolute Gasteiger partial charge is 0.478 e. The van der Waals surface area contributed by atoms with Crippen LogP contribution < -0.4 is 4.74 Å². The van der Waals surface area contributed by atoms with Crippen LogP contribution in [0.3, 0.4) is 0 Å². The maximum atomic E-state index is 12.2. The summed E-state index contributed by atoms with van der Waals surface area (Å²) in [5, 5.41) is 9.25. The van der Waals surface area contributed by atoms with E-state index in [0.29, 0.717) is 11.3 Å². The first kappa shape index (κ1) is 13.1. The zero-order chi connectivity index (χ0) is 13.7. The van der Waals surface area contributed by atoms with Crippen LogP contribution in [0.4, 0.5) is 0 Å². The second-order valence-corrected chi connectivity index (χ2v) is 5.55. The maximum absolute atomic E-state index is 12.2. The number of carbonyl (C=O) groups excluding carboxylic acids is 1. The van der Waals surface area contributed by atoms with Crippen molar-refractivity contribution >= 4 is 27.7 Å². The quantitative estimate of drug-likeness (QED) is 0.866. The van der Waals surface area contributed by atoms with Gasteiger partial charge in [-0.3, -0.25) is 4.79 Å². The van der Waals surface area contributed by atoms with Gasteiger partial charge in [0.2, 0.25) is 5.60 Å². The molecule has 0 amide bonds. The number of fused-ring (bicyclic) bond motifs is 1. The second kappa shape index (κ2) is 4.09. The average molecular weight is 313 g/mol. The molecule has 0 saturated carbocycles. The number of halogens is 1. The third kappa shape index (κ3) is 1.73. The number of hydrogen-bond acceptors (Lipinski definition) is 3. The van der Waals surface area contributed by atoms with Gasteiger partial charge in [0, 0.05) is 4.47 Å². The zero-order valence-corrected chi connectivity index (χ0v) is 11.9. The van der Waals surface area contributed by atoms with Crippen molar-refractivity contribution in [3.05, 3.63) is 27.7 Å². The lowest BCUT2D eigenvalue weighted by molar-refractivity contribution is -0.157. The lowest BCUT2D eigenvalue weighted by Gasteiger charge is -2.36. The molecule has 96 valence electrons. The molecule has 2 unspecified atom stereocenters. The number of carboxylic acid groups (broad SMARTS) is 1. The minimum Gasteiger partial charge on any atom is -0.478 e. The molecule has 0 saturated heterocycles. The molecule has 1 aromatic rings. The molecular weight excluding hydrogens is 300 g/mol. The van der Waals surface area contributed by atoms with Crippen molar-refractivity contribution in [2.75, 3.05) is 0 Å². The van der Waals surface area contributed by atoms with E-state index in [1.165, 1.54) is 6.92 Å². The van der Waals surface area contributed by atoms with E-state index < -0.39 is 17.5 Å². The van der Waals surface area contributed by atoms with Crippen LogP contribution in [0.1, 0.15) is 29.8 Å². The third-order valence-electron chi connectivity index (χ3n) is 3.49. The van der Waals surface area contributed by atoms with Crippen LogP contribution in [-0.4, -0.2) is 22.5 Å². The third-order valence-corrected chi connectivity index (χ3v) is 4.35. The lowest BCUT2D eigenvalue weighted by Crippen LogP contribution is -2.53. The average Bonchev–Trinajstić information content (AvgIpc) is 2.29. The predicted molar refractivity (Wildman–Crippen MR) is 69.0 cm³/mol. The molecule has 1 aliphatic rings. The number of rotatable bonds is 1. The van der Waals surface area contributed by atoms with Crippen LogP contribution >= 0.6 is 15.9 Å². The van der Waals surface area contributed by atoms with Gasteiger partial charge in [-0.25, -0.2) is 4.79 Å². The van der Waals surface area contributed by atoms with Crippen LogP contribution in [-0.2, 0) is 4.79 Å². The topological polar surface area (TPSA) is 63.6 Å². The zero-order valence-electron chi connectivity index (χ0n) is 10.3. The van der Waals surface area contributed by atoms with E-state index >= 15 is 0 Å². The van der Waals surface area contributed by atoms with Gasteiger partial charge in [-0.15, -0.1) is 0 Å². The summed E-state index contributed by atoms with van der Waals surface area (Å²) in [5.41, 5.74) is -0.155. The van der Waals surface area contributed by atoms with E-state index in [0.717, 1.165) is 10.0 Å². The number of hydrogen-bond donors (Lipinski definition) is 1. The Morgan fingerprint density at radius 2 is 2.11 bits per heavy atom. The first-order valence-electron chi connectivity index (χ1n) is 5.54. The molecule has 1 aromatic carbocycles. The number of benzene rings is 1. The van der Waals surface area contributed by atoms with Gasteiger partial charge in [-0.1, -0.05) is 22.9 Å². The molecule has 18 heavy (non-hydrogen) atoms. The molecule has 1 aliphatic heterocycles. The highest BCUT2D eigenvalue weighted by Gasteiger charge is 2.49. The van der Waals surface area contributed by atoms with E-state index in [2.05, 4.69) is 15.9 Å². The molecule has 1 heterocycles. The fourth-order valence-corrected chi connectivity index (χ4v) is 2.29. The Kier molecular flexibility index (Phi) is 2.97. The van der Waals surface area contributed by atoms with Crippen molar-refractivity contribution in [1.82, 2.24) is 0 Å². The van der Waals surface area contributed by atoms with Crippen molar-refractivity contribution in [1.29, 1.82) is 0 Å². The van der Waals surface area contributed by atoms with E-state index in [4.69, 9.17) is 4.74 Å². The van der Waals surface area contributed by atoms with Gasteiger partial charge in [0.15, 0.2) is 5.78 Å². The van der Waals surface area contributed by atoms with Crippen LogP contribution in [0.5, 0.6) is 5.75 Å². The van der Waals surface area contributed by atoms with Gasteiger partial charge in [0.05, 0.1) is 11.5 Å². The number of ether oxygens (including phenoxy) is 1. The maximum Gasteiger partial charge on any atom is 0.348 e. The molecule has 1 N–H and O–H groups in total. The highest BCUT2D eigenvalue weighted by atomic mass is 79.9. The number of aryl methyl sites for hydroxylation is 1. The fourth-order valence-electron chi connectivity index (χ4n) is 1.97. The van der Waals surface area contributed by atoms with Gasteiger partial charge >= 0.3 is 5.97 Å². The van der Waals surface area contributed by atoms with Crippen LogP contribution in [0, 0.1) is 12.8 Å². The molecule has 2 rings (SSSR count). The van der Waals surface area contributed by atoms with Crippen molar-refractivity contribution in [3.8, 4) is 5.75 Å². The second-order valence-electron chi connectivity index (χ2n) is 4.70. The SMILES string of the molecule is Cc1cc2c(cc1Br)OC(C)(C(=O)O)C(C)C2=O. The van der Waals surface area contributed by atoms with Gasteiger partial charge in [-0.05, 0) is 31.5 Å². The highest BCUT2D eigenvalue weighted by Crippen LogP contribution is 2.39. The highest BCUT2D eigenvalue weighted by molar-refractivity contribution is 9.10. The molecule has 0 fully saturated rings. The van der Waals surface area contributed by atoms with Gasteiger partial charge < -0.3 is 9.84 Å². The monoisotopic (exact) mass is 312 g/mol. The summed E-state index contributed by atoms with van der Waals surface area (Å²) in [6, 6.07) is 3.37. The lowest BCUT2D eigenvalue weighted by atomic mass is 9.81. The van der Waals surface area contributed by atoms with E-state index in [1.807, 2.05) is 6.92 Å². The number of aliphatic carboxylic acids is 1. The molecule has 4 nitrogen and oxygen atoms in total. The molecule has 0 bridgehead atoms. The first-order valence-corrected chi connectivity index (χ1v) is 6.33. The predicted octanol–water partition coefficient (Wildman–Crippen LogP) is 2.81. The Labute approximate surface area is 113 Å². The number of carboxylic acids is 1. The van der Waals surface area contributed by atoms with E-state index in [9.17, 15) is 14.7 Å². The van der Waals surface area contributed by atoms with Crippen LogP contribution in [0.25, 0.3) is 0 Å². The molecule has 0 aliphatic carbocycles. The first-order chi connectivity index (χ1) is 8.27. The summed E-state index contributed by atoms with van der Waals surface area (Å²) in [4.78, 5) is 23.5. The van der Waals surface area contributed by atoms with E-state index in [-0.39, 0.29) is 5.78 Å². The normalized spacial score (nSPS) is 26.4. The Hall–Kier alpha value is -1.36. The standard InChI is InChI=1S/C13H13BrO4/c1-6-4-8-10(5-9(6)14)18-13(3,12(16)17)7(2)11(8)15/h4-5,7H,1-3H3,(H,16,17). The summed E-state index contributed by atoms with van der Waals surface area (Å²) in [6.45, 7) is 4.87. The fraction of sp³-hybridized carbons (Fsp3) is 0.385. The van der Waals surface area contributed by atoms with Crippen molar-refractivity contribution in [2.24, 2.45) is 5.92 Å². The van der Waals surface area contributed by atoms with E-state index in [1.54, 1.807) is 19.1 Å². The molecule has 5 heteroatoms. The van der Waals surface area contributed by atoms with Crippen LogP contribution in [0.15, 0.2) is 16.6 Å².